The molecule has 22 heavy (non-hydrogen) atoms. The molecule has 1 aromatic carbocycles. The van der Waals surface area contributed by atoms with Gasteiger partial charge in [-0.25, -0.2) is 0 Å². The van der Waals surface area contributed by atoms with Gasteiger partial charge in [0, 0.05) is 11.6 Å². The number of benzene rings is 1. The Kier molecular flexibility index (Phi) is 4.08. The number of hydrogen-bond donors (Lipinski definition) is 1. The monoisotopic (exact) mass is 305 g/mol. The SMILES string of the molecule is COc1ccc2c(c1)OC(C)(C)C(N1CCC(C)CC1)C2O. The Bertz CT molecular complexity index is 535. The van der Waals surface area contributed by atoms with E-state index < -0.39 is 11.7 Å². The number of fused-ring (bicyclic) bond motifs is 1. The molecule has 1 N–H and O–H groups in total. The molecule has 1 aromatic rings. The van der Waals surface area contributed by atoms with Crippen LogP contribution in [0.25, 0.3) is 0 Å². The van der Waals surface area contributed by atoms with Crippen LogP contribution in [0.5, 0.6) is 11.5 Å². The Labute approximate surface area is 133 Å². The predicted molar refractivity (Wildman–Crippen MR) is 86.4 cm³/mol. The fourth-order valence-corrected chi connectivity index (χ4v) is 3.81. The number of nitrogens with zero attached hydrogens (tertiary/aromatic N) is 1. The smallest absolute Gasteiger partial charge is 0.129 e. The third-order valence-corrected chi connectivity index (χ3v) is 5.14. The lowest BCUT2D eigenvalue weighted by molar-refractivity contribution is -0.0902. The first-order chi connectivity index (χ1) is 10.4. The van der Waals surface area contributed by atoms with Crippen molar-refractivity contribution in [3.8, 4) is 11.5 Å². The summed E-state index contributed by atoms with van der Waals surface area (Å²) in [7, 11) is 1.64. The minimum absolute atomic E-state index is 0.0131. The van der Waals surface area contributed by atoms with Crippen LogP contribution in [0.2, 0.25) is 0 Å². The van der Waals surface area contributed by atoms with Crippen LogP contribution in [0, 0.1) is 5.92 Å². The first-order valence-corrected chi connectivity index (χ1v) is 8.21. The quantitative estimate of drug-likeness (QED) is 0.912. The van der Waals surface area contributed by atoms with Gasteiger partial charge in [0.05, 0.1) is 13.2 Å². The van der Waals surface area contributed by atoms with Crippen LogP contribution in [0.1, 0.15) is 45.3 Å². The number of methoxy groups -OCH3 is 1. The second-order valence-corrected chi connectivity index (χ2v) is 7.22. The highest BCUT2D eigenvalue weighted by molar-refractivity contribution is 5.45. The lowest BCUT2D eigenvalue weighted by Crippen LogP contribution is -2.59. The topological polar surface area (TPSA) is 41.9 Å². The van der Waals surface area contributed by atoms with Gasteiger partial charge in [-0.2, -0.15) is 0 Å². The molecule has 0 aromatic heterocycles. The summed E-state index contributed by atoms with van der Waals surface area (Å²) < 4.78 is 11.5. The standard InChI is InChI=1S/C18H27NO3/c1-12-7-9-19(10-8-12)17-16(20)14-6-5-13(21-4)11-15(14)22-18(17,2)3/h5-6,11-12,16-17,20H,7-10H2,1-4H3. The summed E-state index contributed by atoms with van der Waals surface area (Å²) in [4.78, 5) is 2.40. The Hall–Kier alpha value is -1.26. The summed E-state index contributed by atoms with van der Waals surface area (Å²) in [6.45, 7) is 8.50. The van der Waals surface area contributed by atoms with Crippen LogP contribution in [-0.4, -0.2) is 41.8 Å². The average Bonchev–Trinajstić information content (AvgIpc) is 2.47. The van der Waals surface area contributed by atoms with Crippen molar-refractivity contribution in [2.75, 3.05) is 20.2 Å². The zero-order chi connectivity index (χ0) is 15.9. The van der Waals surface area contributed by atoms with E-state index in [0.717, 1.165) is 36.1 Å². The van der Waals surface area contributed by atoms with Gasteiger partial charge < -0.3 is 14.6 Å². The van der Waals surface area contributed by atoms with E-state index in [9.17, 15) is 5.11 Å². The molecule has 2 atom stereocenters. The van der Waals surface area contributed by atoms with E-state index in [0.29, 0.717) is 0 Å². The van der Waals surface area contributed by atoms with Crippen molar-refractivity contribution in [1.29, 1.82) is 0 Å². The Morgan fingerprint density at radius 3 is 2.59 bits per heavy atom. The van der Waals surface area contributed by atoms with Crippen molar-refractivity contribution >= 4 is 0 Å². The van der Waals surface area contributed by atoms with Crippen LogP contribution >= 0.6 is 0 Å². The number of likely N-dealkylation sites (tertiary alicyclic amines) is 1. The molecular formula is C18H27NO3. The molecule has 0 radical (unpaired) electrons. The lowest BCUT2D eigenvalue weighted by atomic mass is 9.83. The molecule has 0 aliphatic carbocycles. The third kappa shape index (κ3) is 2.70. The zero-order valence-electron chi connectivity index (χ0n) is 14.0. The highest BCUT2D eigenvalue weighted by Crippen LogP contribution is 2.44. The molecule has 2 unspecified atom stereocenters. The Morgan fingerprint density at radius 1 is 1.27 bits per heavy atom. The van der Waals surface area contributed by atoms with E-state index in [2.05, 4.69) is 25.7 Å². The van der Waals surface area contributed by atoms with Gasteiger partial charge in [0.15, 0.2) is 0 Å². The number of piperidine rings is 1. The van der Waals surface area contributed by atoms with Crippen molar-refractivity contribution < 1.29 is 14.6 Å². The summed E-state index contributed by atoms with van der Waals surface area (Å²) in [5, 5.41) is 11.0. The highest BCUT2D eigenvalue weighted by atomic mass is 16.5. The molecule has 3 rings (SSSR count). The zero-order valence-corrected chi connectivity index (χ0v) is 14.0. The molecule has 0 saturated carbocycles. The van der Waals surface area contributed by atoms with Gasteiger partial charge >= 0.3 is 0 Å². The van der Waals surface area contributed by atoms with Crippen LogP contribution in [-0.2, 0) is 0 Å². The molecule has 0 bridgehead atoms. The first kappa shape index (κ1) is 15.6. The maximum atomic E-state index is 11.0. The van der Waals surface area contributed by atoms with E-state index >= 15 is 0 Å². The molecule has 122 valence electrons. The van der Waals surface area contributed by atoms with Gasteiger partial charge in [-0.05, 0) is 57.8 Å². The summed E-state index contributed by atoms with van der Waals surface area (Å²) in [6, 6.07) is 5.67. The molecule has 1 fully saturated rings. The summed E-state index contributed by atoms with van der Waals surface area (Å²) >= 11 is 0. The van der Waals surface area contributed by atoms with Crippen LogP contribution in [0.3, 0.4) is 0 Å². The van der Waals surface area contributed by atoms with Gasteiger partial charge in [0.1, 0.15) is 23.2 Å². The van der Waals surface area contributed by atoms with Gasteiger partial charge in [-0.3, -0.25) is 4.90 Å². The van der Waals surface area contributed by atoms with Crippen LogP contribution in [0.4, 0.5) is 0 Å². The number of aliphatic hydroxyl groups excluding tert-OH is 1. The minimum atomic E-state index is -0.530. The molecule has 2 aliphatic heterocycles. The van der Waals surface area contributed by atoms with Crippen molar-refractivity contribution in [1.82, 2.24) is 4.90 Å². The summed E-state index contributed by atoms with van der Waals surface area (Å²) in [5.74, 6) is 2.27. The third-order valence-electron chi connectivity index (χ3n) is 5.14. The maximum absolute atomic E-state index is 11.0. The molecule has 1 saturated heterocycles. The fraction of sp³-hybridized carbons (Fsp3) is 0.667. The lowest BCUT2D eigenvalue weighted by Gasteiger charge is -2.49. The molecular weight excluding hydrogens is 278 g/mol. The molecule has 2 heterocycles. The van der Waals surface area contributed by atoms with Crippen molar-refractivity contribution in [3.63, 3.8) is 0 Å². The fourth-order valence-electron chi connectivity index (χ4n) is 3.81. The second-order valence-electron chi connectivity index (χ2n) is 7.22. The van der Waals surface area contributed by atoms with Gasteiger partial charge in [0.25, 0.3) is 0 Å². The molecule has 0 amide bonds. The van der Waals surface area contributed by atoms with E-state index in [-0.39, 0.29) is 6.04 Å². The Balaban J connectivity index is 1.91. The van der Waals surface area contributed by atoms with E-state index in [1.807, 2.05) is 18.2 Å². The molecule has 4 heteroatoms. The second kappa shape index (κ2) is 5.74. The van der Waals surface area contributed by atoms with Crippen molar-refractivity contribution in [3.05, 3.63) is 23.8 Å². The number of rotatable bonds is 2. The number of ether oxygens (including phenoxy) is 2. The minimum Gasteiger partial charge on any atom is -0.497 e. The first-order valence-electron chi connectivity index (χ1n) is 8.21. The normalized spacial score (nSPS) is 28.8. The molecule has 2 aliphatic rings. The molecule has 4 nitrogen and oxygen atoms in total. The summed E-state index contributed by atoms with van der Waals surface area (Å²) in [6.07, 6.45) is 1.85. The predicted octanol–water partition coefficient (Wildman–Crippen LogP) is 3.00. The van der Waals surface area contributed by atoms with E-state index in [1.165, 1.54) is 12.8 Å². The van der Waals surface area contributed by atoms with E-state index in [1.54, 1.807) is 7.11 Å². The highest BCUT2D eigenvalue weighted by Gasteiger charge is 2.46. The number of hydrogen-bond acceptors (Lipinski definition) is 4. The number of aliphatic hydroxyl groups is 1. The van der Waals surface area contributed by atoms with Gasteiger partial charge in [-0.15, -0.1) is 0 Å². The molecule has 0 spiro atoms. The Morgan fingerprint density at radius 2 is 1.95 bits per heavy atom. The van der Waals surface area contributed by atoms with Gasteiger partial charge in [-0.1, -0.05) is 6.92 Å². The van der Waals surface area contributed by atoms with E-state index in [4.69, 9.17) is 9.47 Å². The van der Waals surface area contributed by atoms with Crippen molar-refractivity contribution in [2.24, 2.45) is 5.92 Å². The van der Waals surface area contributed by atoms with Crippen molar-refractivity contribution in [2.45, 2.75) is 51.4 Å². The van der Waals surface area contributed by atoms with Crippen LogP contribution < -0.4 is 9.47 Å². The average molecular weight is 305 g/mol. The summed E-state index contributed by atoms with van der Waals surface area (Å²) in [5.41, 5.74) is 0.433. The van der Waals surface area contributed by atoms with Crippen LogP contribution in [0.15, 0.2) is 18.2 Å². The maximum Gasteiger partial charge on any atom is 0.129 e. The van der Waals surface area contributed by atoms with Gasteiger partial charge in [0.2, 0.25) is 0 Å². The largest absolute Gasteiger partial charge is 0.497 e.